The van der Waals surface area contributed by atoms with Crippen molar-refractivity contribution >= 4 is 22.9 Å². The van der Waals surface area contributed by atoms with Crippen LogP contribution in [0.5, 0.6) is 0 Å². The van der Waals surface area contributed by atoms with Crippen molar-refractivity contribution in [2.75, 3.05) is 5.32 Å². The lowest BCUT2D eigenvalue weighted by Gasteiger charge is -2.07. The first-order valence-corrected chi connectivity index (χ1v) is 6.86. The Morgan fingerprint density at radius 1 is 1.30 bits per heavy atom. The molecular formula is C13H13F2N3OS. The first kappa shape index (κ1) is 14.5. The standard InChI is InChI=1S/C13H13F2N3OS/c1-7(2)12-16-5-8(6-17-12)18-13(19)9-3-4-20-10(9)11(14)15/h3-7,11H,1-2H3,(H,18,19). The van der Waals surface area contributed by atoms with Gasteiger partial charge >= 0.3 is 0 Å². The van der Waals surface area contributed by atoms with Crippen LogP contribution in [0.25, 0.3) is 0 Å². The maximum Gasteiger partial charge on any atom is 0.273 e. The molecule has 0 aromatic carbocycles. The number of rotatable bonds is 4. The Morgan fingerprint density at radius 2 is 1.95 bits per heavy atom. The average Bonchev–Trinajstić information content (AvgIpc) is 2.88. The highest BCUT2D eigenvalue weighted by molar-refractivity contribution is 7.10. The van der Waals surface area contributed by atoms with Crippen LogP contribution in [-0.2, 0) is 0 Å². The molecule has 0 fully saturated rings. The lowest BCUT2D eigenvalue weighted by molar-refractivity contribution is 0.101. The van der Waals surface area contributed by atoms with E-state index in [1.165, 1.54) is 23.8 Å². The largest absolute Gasteiger partial charge is 0.319 e. The fourth-order valence-corrected chi connectivity index (χ4v) is 2.32. The molecule has 2 heterocycles. The van der Waals surface area contributed by atoms with Crippen molar-refractivity contribution in [1.29, 1.82) is 0 Å². The van der Waals surface area contributed by atoms with Gasteiger partial charge in [0, 0.05) is 5.92 Å². The minimum absolute atomic E-state index is 0.0158. The Hall–Kier alpha value is -1.89. The predicted octanol–water partition coefficient (Wildman–Crippen LogP) is 3.85. The summed E-state index contributed by atoms with van der Waals surface area (Å²) >= 11 is 0.861. The van der Waals surface area contributed by atoms with Crippen molar-refractivity contribution in [1.82, 2.24) is 9.97 Å². The minimum Gasteiger partial charge on any atom is -0.319 e. The van der Waals surface area contributed by atoms with Crippen LogP contribution < -0.4 is 5.32 Å². The van der Waals surface area contributed by atoms with E-state index >= 15 is 0 Å². The third-order valence-electron chi connectivity index (χ3n) is 2.58. The molecule has 4 nitrogen and oxygen atoms in total. The molecule has 2 aromatic heterocycles. The summed E-state index contributed by atoms with van der Waals surface area (Å²) in [5, 5.41) is 3.98. The Balaban J connectivity index is 2.13. The summed E-state index contributed by atoms with van der Waals surface area (Å²) in [5.41, 5.74) is 0.365. The summed E-state index contributed by atoms with van der Waals surface area (Å²) in [6, 6.07) is 1.38. The highest BCUT2D eigenvalue weighted by Gasteiger charge is 2.20. The number of alkyl halides is 2. The Bertz CT molecular complexity index is 596. The fraction of sp³-hybridized carbons (Fsp3) is 0.308. The molecule has 1 amide bonds. The van der Waals surface area contributed by atoms with Gasteiger partial charge in [-0.15, -0.1) is 11.3 Å². The molecule has 0 atom stereocenters. The van der Waals surface area contributed by atoms with Gasteiger partial charge < -0.3 is 5.32 Å². The van der Waals surface area contributed by atoms with E-state index in [9.17, 15) is 13.6 Å². The Morgan fingerprint density at radius 3 is 2.50 bits per heavy atom. The van der Waals surface area contributed by atoms with Gasteiger partial charge in [-0.05, 0) is 11.4 Å². The summed E-state index contributed by atoms with van der Waals surface area (Å²) in [4.78, 5) is 19.9. The lowest BCUT2D eigenvalue weighted by atomic mass is 10.2. The van der Waals surface area contributed by atoms with Crippen LogP contribution in [0.15, 0.2) is 23.8 Å². The number of hydrogen-bond donors (Lipinski definition) is 1. The predicted molar refractivity (Wildman–Crippen MR) is 73.4 cm³/mol. The number of anilines is 1. The highest BCUT2D eigenvalue weighted by atomic mass is 32.1. The summed E-state index contributed by atoms with van der Waals surface area (Å²) in [5.74, 6) is 0.260. The SMILES string of the molecule is CC(C)c1ncc(NC(=O)c2ccsc2C(F)F)cn1. The number of amides is 1. The van der Waals surface area contributed by atoms with Gasteiger partial charge in [0.2, 0.25) is 0 Å². The molecule has 0 aliphatic heterocycles. The Kier molecular flexibility index (Phi) is 4.39. The third kappa shape index (κ3) is 3.16. The van der Waals surface area contributed by atoms with Crippen LogP contribution in [0, 0.1) is 0 Å². The quantitative estimate of drug-likeness (QED) is 0.932. The molecule has 7 heteroatoms. The molecule has 0 saturated carbocycles. The van der Waals surface area contributed by atoms with E-state index in [1.54, 1.807) is 0 Å². The Labute approximate surface area is 118 Å². The number of halogens is 2. The highest BCUT2D eigenvalue weighted by Crippen LogP contribution is 2.28. The first-order chi connectivity index (χ1) is 9.49. The number of nitrogens with zero attached hydrogens (tertiary/aromatic N) is 2. The van der Waals surface area contributed by atoms with Crippen LogP contribution in [0.2, 0.25) is 0 Å². The van der Waals surface area contributed by atoms with Crippen molar-refractivity contribution in [3.05, 3.63) is 40.1 Å². The van der Waals surface area contributed by atoms with Crippen molar-refractivity contribution in [2.45, 2.75) is 26.2 Å². The molecular weight excluding hydrogens is 284 g/mol. The first-order valence-electron chi connectivity index (χ1n) is 5.98. The smallest absolute Gasteiger partial charge is 0.273 e. The molecule has 2 aromatic rings. The number of carbonyl (C=O) groups is 1. The van der Waals surface area contributed by atoms with E-state index in [0.717, 1.165) is 11.3 Å². The van der Waals surface area contributed by atoms with Crippen LogP contribution >= 0.6 is 11.3 Å². The lowest BCUT2D eigenvalue weighted by Crippen LogP contribution is -2.13. The van der Waals surface area contributed by atoms with E-state index in [4.69, 9.17) is 0 Å². The van der Waals surface area contributed by atoms with E-state index in [2.05, 4.69) is 15.3 Å². The van der Waals surface area contributed by atoms with Crippen molar-refractivity contribution in [3.8, 4) is 0 Å². The number of thiophene rings is 1. The molecule has 0 saturated heterocycles. The van der Waals surface area contributed by atoms with Gasteiger partial charge in [-0.1, -0.05) is 13.8 Å². The van der Waals surface area contributed by atoms with Gasteiger partial charge in [0.15, 0.2) is 0 Å². The zero-order chi connectivity index (χ0) is 14.7. The number of nitrogens with one attached hydrogen (secondary N) is 1. The maximum absolute atomic E-state index is 12.7. The van der Waals surface area contributed by atoms with Gasteiger partial charge in [-0.3, -0.25) is 4.79 Å². The van der Waals surface area contributed by atoms with Crippen LogP contribution in [0.3, 0.4) is 0 Å². The molecule has 0 radical (unpaired) electrons. The number of carbonyl (C=O) groups excluding carboxylic acids is 1. The molecule has 20 heavy (non-hydrogen) atoms. The van der Waals surface area contributed by atoms with Crippen molar-refractivity contribution in [3.63, 3.8) is 0 Å². The van der Waals surface area contributed by atoms with Crippen molar-refractivity contribution in [2.24, 2.45) is 0 Å². The topological polar surface area (TPSA) is 54.9 Å². The molecule has 0 aliphatic carbocycles. The molecule has 1 N–H and O–H groups in total. The van der Waals surface area contributed by atoms with Gasteiger partial charge in [-0.2, -0.15) is 0 Å². The molecule has 106 valence electrons. The van der Waals surface area contributed by atoms with Crippen molar-refractivity contribution < 1.29 is 13.6 Å². The number of hydrogen-bond acceptors (Lipinski definition) is 4. The van der Waals surface area contributed by atoms with Gasteiger partial charge in [0.1, 0.15) is 5.82 Å². The zero-order valence-corrected chi connectivity index (χ0v) is 11.7. The molecule has 2 rings (SSSR count). The van der Waals surface area contributed by atoms with E-state index < -0.39 is 12.3 Å². The normalized spacial score (nSPS) is 11.1. The van der Waals surface area contributed by atoms with Crippen LogP contribution in [0.1, 0.15) is 47.3 Å². The number of aromatic nitrogens is 2. The summed E-state index contributed by atoms with van der Waals surface area (Å²) in [7, 11) is 0. The van der Waals surface area contributed by atoms with E-state index in [0.29, 0.717) is 11.5 Å². The second-order valence-electron chi connectivity index (χ2n) is 4.44. The van der Waals surface area contributed by atoms with E-state index in [-0.39, 0.29) is 16.4 Å². The zero-order valence-electron chi connectivity index (χ0n) is 10.9. The van der Waals surface area contributed by atoms with Gasteiger partial charge in [0.05, 0.1) is 28.5 Å². The summed E-state index contributed by atoms with van der Waals surface area (Å²) in [6.45, 7) is 3.90. The van der Waals surface area contributed by atoms with Crippen LogP contribution in [0.4, 0.5) is 14.5 Å². The summed E-state index contributed by atoms with van der Waals surface area (Å²) < 4.78 is 25.4. The molecule has 0 spiro atoms. The molecule has 0 aliphatic rings. The molecule has 0 bridgehead atoms. The van der Waals surface area contributed by atoms with Gasteiger partial charge in [-0.25, -0.2) is 18.7 Å². The third-order valence-corrected chi connectivity index (χ3v) is 3.51. The fourth-order valence-electron chi connectivity index (χ4n) is 1.58. The molecule has 0 unspecified atom stereocenters. The summed E-state index contributed by atoms with van der Waals surface area (Å²) in [6.07, 6.45) is 0.277. The van der Waals surface area contributed by atoms with E-state index in [1.807, 2.05) is 13.8 Å². The maximum atomic E-state index is 12.7. The van der Waals surface area contributed by atoms with Crippen LogP contribution in [-0.4, -0.2) is 15.9 Å². The minimum atomic E-state index is -2.66. The monoisotopic (exact) mass is 297 g/mol. The van der Waals surface area contributed by atoms with Gasteiger partial charge in [0.25, 0.3) is 12.3 Å². The second-order valence-corrected chi connectivity index (χ2v) is 5.39. The average molecular weight is 297 g/mol. The second kappa shape index (κ2) is 6.04.